The SMILES string of the molecule is CC(C)c1cccc2c1oc1c(-c3ccccn3)cncc12. The molecular weight excluding hydrogens is 272 g/mol. The lowest BCUT2D eigenvalue weighted by Gasteiger charge is -2.04. The molecule has 0 atom stereocenters. The predicted octanol–water partition coefficient (Wildman–Crippen LogP) is 5.17. The third kappa shape index (κ3) is 1.90. The van der Waals surface area contributed by atoms with Crippen LogP contribution >= 0.6 is 0 Å². The van der Waals surface area contributed by atoms with Crippen molar-refractivity contribution in [1.82, 2.24) is 9.97 Å². The van der Waals surface area contributed by atoms with E-state index in [2.05, 4.69) is 42.0 Å². The Balaban J connectivity index is 2.10. The number of para-hydroxylation sites is 1. The predicted molar refractivity (Wildman–Crippen MR) is 88.8 cm³/mol. The van der Waals surface area contributed by atoms with E-state index in [9.17, 15) is 0 Å². The maximum Gasteiger partial charge on any atom is 0.147 e. The number of furan rings is 1. The van der Waals surface area contributed by atoms with Crippen LogP contribution in [0.5, 0.6) is 0 Å². The van der Waals surface area contributed by atoms with Crippen LogP contribution in [0.2, 0.25) is 0 Å². The summed E-state index contributed by atoms with van der Waals surface area (Å²) in [5.74, 6) is 0.413. The molecule has 3 nitrogen and oxygen atoms in total. The standard InChI is InChI=1S/C19H16N2O/c1-12(2)13-6-5-7-14-15-10-20-11-16(19(15)22-18(13)14)17-8-3-4-9-21-17/h3-12H,1-2H3. The third-order valence-electron chi connectivity index (χ3n) is 4.00. The van der Waals surface area contributed by atoms with Gasteiger partial charge in [0, 0.05) is 29.4 Å². The van der Waals surface area contributed by atoms with Crippen molar-refractivity contribution < 1.29 is 4.42 Å². The Bertz CT molecular complexity index is 955. The van der Waals surface area contributed by atoms with E-state index in [1.165, 1.54) is 5.56 Å². The number of fused-ring (bicyclic) bond motifs is 3. The minimum atomic E-state index is 0.413. The molecule has 0 N–H and O–H groups in total. The van der Waals surface area contributed by atoms with E-state index in [0.717, 1.165) is 33.2 Å². The van der Waals surface area contributed by atoms with Crippen molar-refractivity contribution in [3.8, 4) is 11.3 Å². The van der Waals surface area contributed by atoms with E-state index in [0.29, 0.717) is 5.92 Å². The summed E-state index contributed by atoms with van der Waals surface area (Å²) in [5.41, 5.74) is 4.85. The van der Waals surface area contributed by atoms with Crippen molar-refractivity contribution in [1.29, 1.82) is 0 Å². The summed E-state index contributed by atoms with van der Waals surface area (Å²) in [6.45, 7) is 4.36. The Morgan fingerprint density at radius 1 is 0.909 bits per heavy atom. The van der Waals surface area contributed by atoms with Crippen molar-refractivity contribution in [2.24, 2.45) is 0 Å². The molecule has 22 heavy (non-hydrogen) atoms. The molecule has 0 aliphatic rings. The van der Waals surface area contributed by atoms with Crippen LogP contribution in [0.4, 0.5) is 0 Å². The first-order chi connectivity index (χ1) is 10.8. The second-order valence-electron chi connectivity index (χ2n) is 5.76. The van der Waals surface area contributed by atoms with Crippen molar-refractivity contribution >= 4 is 21.9 Å². The van der Waals surface area contributed by atoms with E-state index < -0.39 is 0 Å². The van der Waals surface area contributed by atoms with Crippen LogP contribution in [0, 0.1) is 0 Å². The van der Waals surface area contributed by atoms with Gasteiger partial charge in [-0.25, -0.2) is 0 Å². The Labute approximate surface area is 128 Å². The zero-order valence-corrected chi connectivity index (χ0v) is 12.6. The number of hydrogen-bond donors (Lipinski definition) is 0. The summed E-state index contributed by atoms with van der Waals surface area (Å²) < 4.78 is 6.25. The van der Waals surface area contributed by atoms with Crippen molar-refractivity contribution in [3.63, 3.8) is 0 Å². The maximum atomic E-state index is 6.25. The highest BCUT2D eigenvalue weighted by atomic mass is 16.3. The van der Waals surface area contributed by atoms with Gasteiger partial charge < -0.3 is 4.42 Å². The zero-order chi connectivity index (χ0) is 15.1. The second kappa shape index (κ2) is 4.95. The number of hydrogen-bond acceptors (Lipinski definition) is 3. The summed E-state index contributed by atoms with van der Waals surface area (Å²) >= 11 is 0. The molecule has 0 saturated heterocycles. The van der Waals surface area contributed by atoms with Crippen LogP contribution in [0.1, 0.15) is 25.3 Å². The zero-order valence-electron chi connectivity index (χ0n) is 12.6. The van der Waals surface area contributed by atoms with Crippen LogP contribution in [-0.2, 0) is 0 Å². The van der Waals surface area contributed by atoms with Gasteiger partial charge in [-0.1, -0.05) is 38.1 Å². The molecule has 1 aromatic carbocycles. The van der Waals surface area contributed by atoms with Crippen LogP contribution in [0.25, 0.3) is 33.2 Å². The minimum absolute atomic E-state index is 0.413. The molecule has 0 unspecified atom stereocenters. The first-order valence-electron chi connectivity index (χ1n) is 7.46. The van der Waals surface area contributed by atoms with Gasteiger partial charge in [-0.05, 0) is 23.6 Å². The molecule has 0 amide bonds. The Morgan fingerprint density at radius 3 is 2.59 bits per heavy atom. The summed E-state index contributed by atoms with van der Waals surface area (Å²) in [6.07, 6.45) is 5.48. The highest BCUT2D eigenvalue weighted by Gasteiger charge is 2.16. The van der Waals surface area contributed by atoms with Gasteiger partial charge in [0.15, 0.2) is 0 Å². The van der Waals surface area contributed by atoms with Crippen LogP contribution in [0.3, 0.4) is 0 Å². The smallest absolute Gasteiger partial charge is 0.147 e. The lowest BCUT2D eigenvalue weighted by molar-refractivity contribution is 0.657. The van der Waals surface area contributed by atoms with Gasteiger partial charge in [-0.2, -0.15) is 0 Å². The highest BCUT2D eigenvalue weighted by molar-refractivity contribution is 6.09. The molecule has 0 saturated carbocycles. The first-order valence-corrected chi connectivity index (χ1v) is 7.46. The molecule has 4 rings (SSSR count). The fraction of sp³-hybridized carbons (Fsp3) is 0.158. The van der Waals surface area contributed by atoms with Crippen molar-refractivity contribution in [2.75, 3.05) is 0 Å². The molecule has 4 aromatic rings. The van der Waals surface area contributed by atoms with Gasteiger partial charge in [-0.15, -0.1) is 0 Å². The van der Waals surface area contributed by atoms with E-state index >= 15 is 0 Å². The number of aromatic nitrogens is 2. The quantitative estimate of drug-likeness (QED) is 0.511. The van der Waals surface area contributed by atoms with Gasteiger partial charge in [0.25, 0.3) is 0 Å². The summed E-state index contributed by atoms with van der Waals surface area (Å²) in [6, 6.07) is 12.2. The molecule has 0 fully saturated rings. The molecular formula is C19H16N2O. The highest BCUT2D eigenvalue weighted by Crippen LogP contribution is 2.37. The number of rotatable bonds is 2. The summed E-state index contributed by atoms with van der Waals surface area (Å²) in [5, 5.41) is 2.16. The normalized spacial score (nSPS) is 11.6. The molecule has 108 valence electrons. The van der Waals surface area contributed by atoms with Crippen molar-refractivity contribution in [2.45, 2.75) is 19.8 Å². The lowest BCUT2D eigenvalue weighted by Crippen LogP contribution is -1.86. The number of nitrogens with zero attached hydrogens (tertiary/aromatic N) is 2. The van der Waals surface area contributed by atoms with E-state index in [4.69, 9.17) is 4.42 Å². The fourth-order valence-corrected chi connectivity index (χ4v) is 2.89. The van der Waals surface area contributed by atoms with Gasteiger partial charge in [0.2, 0.25) is 0 Å². The fourth-order valence-electron chi connectivity index (χ4n) is 2.89. The first kappa shape index (κ1) is 13.0. The van der Waals surface area contributed by atoms with Gasteiger partial charge >= 0.3 is 0 Å². The largest absolute Gasteiger partial charge is 0.455 e. The Hall–Kier alpha value is -2.68. The van der Waals surface area contributed by atoms with E-state index in [-0.39, 0.29) is 0 Å². The Morgan fingerprint density at radius 2 is 1.82 bits per heavy atom. The molecule has 0 bridgehead atoms. The maximum absolute atomic E-state index is 6.25. The Kier molecular flexibility index (Phi) is 2.93. The number of pyridine rings is 2. The third-order valence-corrected chi connectivity index (χ3v) is 4.00. The van der Waals surface area contributed by atoms with Gasteiger partial charge in [-0.3, -0.25) is 9.97 Å². The molecule has 3 heterocycles. The van der Waals surface area contributed by atoms with Crippen molar-refractivity contribution in [3.05, 3.63) is 60.6 Å². The summed E-state index contributed by atoms with van der Waals surface area (Å²) in [7, 11) is 0. The molecule has 0 radical (unpaired) electrons. The van der Waals surface area contributed by atoms with Crippen LogP contribution in [-0.4, -0.2) is 9.97 Å². The molecule has 0 aliphatic heterocycles. The topological polar surface area (TPSA) is 38.9 Å². The monoisotopic (exact) mass is 288 g/mol. The molecule has 3 heteroatoms. The summed E-state index contributed by atoms with van der Waals surface area (Å²) in [4.78, 5) is 8.81. The average molecular weight is 288 g/mol. The number of benzene rings is 1. The van der Waals surface area contributed by atoms with Crippen LogP contribution in [0.15, 0.2) is 59.4 Å². The second-order valence-corrected chi connectivity index (χ2v) is 5.76. The lowest BCUT2D eigenvalue weighted by atomic mass is 10.0. The van der Waals surface area contributed by atoms with Gasteiger partial charge in [0.05, 0.1) is 11.3 Å². The van der Waals surface area contributed by atoms with Gasteiger partial charge in [0.1, 0.15) is 11.2 Å². The molecule has 0 spiro atoms. The van der Waals surface area contributed by atoms with E-state index in [1.807, 2.05) is 30.6 Å². The van der Waals surface area contributed by atoms with Crippen LogP contribution < -0.4 is 0 Å². The van der Waals surface area contributed by atoms with E-state index in [1.54, 1.807) is 6.20 Å². The molecule has 0 aliphatic carbocycles. The average Bonchev–Trinajstić information content (AvgIpc) is 2.94. The molecule has 3 aromatic heterocycles. The minimum Gasteiger partial charge on any atom is -0.455 e.